The van der Waals surface area contributed by atoms with Gasteiger partial charge in [-0.3, -0.25) is 28.8 Å². The molecule has 3 rings (SSSR count). The molecule has 0 bridgehead atoms. The number of ether oxygens (including phenoxy) is 1. The van der Waals surface area contributed by atoms with E-state index in [1.54, 1.807) is 24.3 Å². The summed E-state index contributed by atoms with van der Waals surface area (Å²) in [4.78, 5) is 56.8. The van der Waals surface area contributed by atoms with Crippen molar-refractivity contribution < 1.29 is 9.53 Å². The van der Waals surface area contributed by atoms with Crippen LogP contribution in [0.25, 0.3) is 10.9 Å². The largest absolute Gasteiger partial charge is 0.383 e. The normalized spacial score (nSPS) is 11.2. The van der Waals surface area contributed by atoms with Crippen LogP contribution in [0, 0.1) is 5.92 Å². The number of H-pyrrole nitrogens is 2. The molecular formula is C21H25N5O5. The Morgan fingerprint density at radius 2 is 1.90 bits per heavy atom. The number of nitrogens with one attached hydrogen (secondary N) is 2. The highest BCUT2D eigenvalue weighted by atomic mass is 16.5. The Morgan fingerprint density at radius 3 is 2.58 bits per heavy atom. The molecule has 0 saturated heterocycles. The number of amides is 1. The molecule has 31 heavy (non-hydrogen) atoms. The van der Waals surface area contributed by atoms with Gasteiger partial charge in [0.05, 0.1) is 12.2 Å². The lowest BCUT2D eigenvalue weighted by molar-refractivity contribution is 0.0977. The molecule has 0 fully saturated rings. The van der Waals surface area contributed by atoms with Crippen LogP contribution < -0.4 is 27.4 Å². The van der Waals surface area contributed by atoms with Crippen LogP contribution in [0.15, 0.2) is 44.7 Å². The third-order valence-electron chi connectivity index (χ3n) is 4.78. The highest BCUT2D eigenvalue weighted by Crippen LogP contribution is 2.23. The van der Waals surface area contributed by atoms with Crippen molar-refractivity contribution in [3.05, 3.63) is 67.1 Å². The number of fused-ring (bicyclic) bond motifs is 1. The Bertz CT molecular complexity index is 1290. The van der Waals surface area contributed by atoms with E-state index in [1.807, 2.05) is 13.8 Å². The van der Waals surface area contributed by atoms with E-state index < -0.39 is 22.7 Å². The predicted molar refractivity (Wildman–Crippen MR) is 119 cm³/mol. The number of rotatable bonds is 7. The number of aromatic nitrogens is 3. The number of hydrogen-bond donors (Lipinski definition) is 3. The van der Waals surface area contributed by atoms with E-state index in [2.05, 4.69) is 9.97 Å². The lowest BCUT2D eigenvalue weighted by Gasteiger charge is -2.25. The van der Waals surface area contributed by atoms with Crippen molar-refractivity contribution in [3.8, 4) is 0 Å². The highest BCUT2D eigenvalue weighted by molar-refractivity contribution is 6.14. The van der Waals surface area contributed by atoms with Crippen molar-refractivity contribution in [2.45, 2.75) is 20.4 Å². The molecule has 0 aliphatic carbocycles. The number of nitrogen functional groups attached to an aromatic ring is 1. The number of pyridine rings is 1. The molecule has 0 saturated carbocycles. The van der Waals surface area contributed by atoms with Gasteiger partial charge in [0.25, 0.3) is 11.5 Å². The minimum absolute atomic E-state index is 0.0103. The summed E-state index contributed by atoms with van der Waals surface area (Å²) in [5.74, 6) is -0.661. The van der Waals surface area contributed by atoms with Crippen LogP contribution in [0.1, 0.15) is 24.2 Å². The molecule has 0 aliphatic heterocycles. The fourth-order valence-corrected chi connectivity index (χ4v) is 3.41. The number of carbonyl (C=O) groups is 1. The smallest absolute Gasteiger partial charge is 0.330 e. The third kappa shape index (κ3) is 4.43. The van der Waals surface area contributed by atoms with Crippen molar-refractivity contribution in [3.63, 3.8) is 0 Å². The number of carbonyl (C=O) groups excluding carboxylic acids is 1. The molecular weight excluding hydrogens is 402 g/mol. The average molecular weight is 427 g/mol. The maximum atomic E-state index is 13.6. The first-order valence-electron chi connectivity index (χ1n) is 9.80. The van der Waals surface area contributed by atoms with Gasteiger partial charge in [0.15, 0.2) is 5.69 Å². The predicted octanol–water partition coefficient (Wildman–Crippen LogP) is 0.910. The lowest BCUT2D eigenvalue weighted by Crippen LogP contribution is -2.43. The van der Waals surface area contributed by atoms with Crippen LogP contribution in [-0.2, 0) is 11.3 Å². The van der Waals surface area contributed by atoms with E-state index >= 15 is 0 Å². The van der Waals surface area contributed by atoms with E-state index in [9.17, 15) is 19.2 Å². The number of aromatic amines is 2. The van der Waals surface area contributed by atoms with Crippen LogP contribution in [0.4, 0.5) is 11.5 Å². The van der Waals surface area contributed by atoms with Crippen molar-refractivity contribution in [2.24, 2.45) is 5.92 Å². The van der Waals surface area contributed by atoms with Gasteiger partial charge in [-0.05, 0) is 12.0 Å². The Labute approximate surface area is 177 Å². The summed E-state index contributed by atoms with van der Waals surface area (Å²) in [7, 11) is 1.46. The summed E-state index contributed by atoms with van der Waals surface area (Å²) in [6.07, 6.45) is 0. The number of nitrogens with zero attached hydrogens (tertiary/aromatic N) is 2. The molecule has 1 aromatic carbocycles. The summed E-state index contributed by atoms with van der Waals surface area (Å²) in [5, 5.41) is 0.514. The molecule has 0 unspecified atom stereocenters. The van der Waals surface area contributed by atoms with Gasteiger partial charge in [-0.15, -0.1) is 0 Å². The van der Waals surface area contributed by atoms with Crippen LogP contribution >= 0.6 is 0 Å². The monoisotopic (exact) mass is 427 g/mol. The number of nitrogens with two attached hydrogens (primary N) is 1. The van der Waals surface area contributed by atoms with Crippen LogP contribution in [0.3, 0.4) is 0 Å². The molecule has 0 spiro atoms. The molecule has 10 nitrogen and oxygen atoms in total. The summed E-state index contributed by atoms with van der Waals surface area (Å²) >= 11 is 0. The zero-order valence-electron chi connectivity index (χ0n) is 17.6. The maximum Gasteiger partial charge on any atom is 0.330 e. The Kier molecular flexibility index (Phi) is 6.40. The van der Waals surface area contributed by atoms with Crippen molar-refractivity contribution in [1.82, 2.24) is 14.5 Å². The van der Waals surface area contributed by atoms with Crippen molar-refractivity contribution >= 4 is 28.3 Å². The van der Waals surface area contributed by atoms with Gasteiger partial charge >= 0.3 is 5.69 Å². The van der Waals surface area contributed by atoms with Crippen LogP contribution in [0.5, 0.6) is 0 Å². The number of para-hydroxylation sites is 1. The lowest BCUT2D eigenvalue weighted by atomic mass is 10.1. The van der Waals surface area contributed by atoms with E-state index in [0.717, 1.165) is 4.90 Å². The second kappa shape index (κ2) is 9.00. The molecule has 4 N–H and O–H groups in total. The topological polar surface area (TPSA) is 143 Å². The molecule has 164 valence electrons. The van der Waals surface area contributed by atoms with Crippen molar-refractivity contribution in [2.75, 3.05) is 30.9 Å². The number of anilines is 2. The first-order chi connectivity index (χ1) is 14.7. The van der Waals surface area contributed by atoms with E-state index in [4.69, 9.17) is 10.5 Å². The van der Waals surface area contributed by atoms with Gasteiger partial charge in [-0.25, -0.2) is 4.79 Å². The van der Waals surface area contributed by atoms with Gasteiger partial charge in [-0.1, -0.05) is 32.0 Å². The summed E-state index contributed by atoms with van der Waals surface area (Å²) in [5.41, 5.74) is 4.73. The summed E-state index contributed by atoms with van der Waals surface area (Å²) < 4.78 is 6.33. The molecule has 0 aliphatic rings. The van der Waals surface area contributed by atoms with Crippen LogP contribution in [0.2, 0.25) is 0 Å². The van der Waals surface area contributed by atoms with Gasteiger partial charge in [0.1, 0.15) is 5.82 Å². The minimum Gasteiger partial charge on any atom is -0.383 e. The molecule has 0 radical (unpaired) electrons. The molecule has 10 heteroatoms. The Morgan fingerprint density at radius 1 is 1.19 bits per heavy atom. The quantitative estimate of drug-likeness (QED) is 0.511. The number of hydrogen-bond acceptors (Lipinski definition) is 6. The number of methoxy groups -OCH3 is 1. The van der Waals surface area contributed by atoms with Gasteiger partial charge in [0.2, 0.25) is 5.56 Å². The SMILES string of the molecule is COCCN(C(=O)c1cc(=O)[nH]c2ccccc12)c1c(N)n(CC(C)C)c(=O)[nH]c1=O. The molecule has 0 atom stereocenters. The second-order valence-corrected chi connectivity index (χ2v) is 7.54. The molecule has 2 aromatic heterocycles. The fraction of sp³-hybridized carbons (Fsp3) is 0.333. The van der Waals surface area contributed by atoms with E-state index in [-0.39, 0.29) is 42.7 Å². The summed E-state index contributed by atoms with van der Waals surface area (Å²) in [6, 6.07) is 8.02. The average Bonchev–Trinajstić information content (AvgIpc) is 2.72. The third-order valence-corrected chi connectivity index (χ3v) is 4.78. The zero-order chi connectivity index (χ0) is 22.7. The van der Waals surface area contributed by atoms with Crippen LogP contribution in [-0.4, -0.2) is 40.7 Å². The second-order valence-electron chi connectivity index (χ2n) is 7.54. The first kappa shape index (κ1) is 22.0. The maximum absolute atomic E-state index is 13.6. The zero-order valence-corrected chi connectivity index (χ0v) is 17.6. The fourth-order valence-electron chi connectivity index (χ4n) is 3.41. The molecule has 2 heterocycles. The Balaban J connectivity index is 2.23. The molecule has 3 aromatic rings. The van der Waals surface area contributed by atoms with Gasteiger partial charge in [-0.2, -0.15) is 0 Å². The van der Waals surface area contributed by atoms with E-state index in [0.29, 0.717) is 10.9 Å². The minimum atomic E-state index is -0.791. The van der Waals surface area contributed by atoms with Crippen molar-refractivity contribution in [1.29, 1.82) is 0 Å². The van der Waals surface area contributed by atoms with E-state index in [1.165, 1.54) is 17.7 Å². The first-order valence-corrected chi connectivity index (χ1v) is 9.80. The number of benzene rings is 1. The highest BCUT2D eigenvalue weighted by Gasteiger charge is 2.26. The molecule has 1 amide bonds. The van der Waals surface area contributed by atoms with Gasteiger partial charge in [0, 0.05) is 37.2 Å². The standard InChI is InChI=1S/C21H25N5O5/c1-12(2)11-26-18(22)17(19(28)24-21(26)30)25(8-9-31-3)20(29)14-10-16(27)23-15-7-5-4-6-13(14)15/h4-7,10,12H,8-9,11,22H2,1-3H3,(H,23,27)(H,24,28,30). The Hall–Kier alpha value is -3.66. The van der Waals surface area contributed by atoms with Gasteiger partial charge < -0.3 is 15.5 Å². The summed E-state index contributed by atoms with van der Waals surface area (Å²) in [6.45, 7) is 4.15.